The summed E-state index contributed by atoms with van der Waals surface area (Å²) in [5.41, 5.74) is 22.1. The Labute approximate surface area is 255 Å². The number of hydrogen-bond acceptors (Lipinski definition) is 2. The highest BCUT2D eigenvalue weighted by Crippen LogP contribution is 2.59. The van der Waals surface area contributed by atoms with Crippen LogP contribution < -0.4 is 0 Å². The molecular weight excluding hydrogens is 536 g/mol. The van der Waals surface area contributed by atoms with Crippen LogP contribution in [0.3, 0.4) is 0 Å². The quantitative estimate of drug-likeness (QED) is 0.266. The molecule has 0 amide bonds. The average molecular weight is 569 g/mol. The highest BCUT2D eigenvalue weighted by molar-refractivity contribution is 6.02. The summed E-state index contributed by atoms with van der Waals surface area (Å²) in [4.78, 5) is 18.9. The van der Waals surface area contributed by atoms with E-state index in [0.717, 1.165) is 11.4 Å². The maximum absolute atomic E-state index is 5.47. The lowest BCUT2D eigenvalue weighted by atomic mass is 9.91. The number of aromatic nitrogens is 4. The fourth-order valence-electron chi connectivity index (χ4n) is 11.8. The fraction of sp³-hybridized carbons (Fsp3) is 0.350. The number of fused-ring (bicyclic) bond motifs is 34. The van der Waals surface area contributed by atoms with Crippen molar-refractivity contribution in [3.05, 3.63) is 106 Å². The molecule has 16 bridgehead atoms. The Balaban J connectivity index is 1.19. The molecular formula is C40H32N4. The van der Waals surface area contributed by atoms with E-state index in [1.54, 1.807) is 11.1 Å². The summed E-state index contributed by atoms with van der Waals surface area (Å²) in [6.45, 7) is 0. The molecule has 2 N–H and O–H groups in total. The Hall–Kier alpha value is -4.18. The highest BCUT2D eigenvalue weighted by atomic mass is 14.8. The van der Waals surface area contributed by atoms with Crippen LogP contribution in [0.2, 0.25) is 0 Å². The van der Waals surface area contributed by atoms with Crippen LogP contribution in [0.1, 0.15) is 107 Å². The van der Waals surface area contributed by atoms with Crippen LogP contribution in [0.25, 0.3) is 44.4 Å². The minimum absolute atomic E-state index is 0.482. The second kappa shape index (κ2) is 7.20. The van der Waals surface area contributed by atoms with Gasteiger partial charge in [0.25, 0.3) is 0 Å². The molecule has 4 nitrogen and oxygen atoms in total. The van der Waals surface area contributed by atoms with E-state index in [1.165, 1.54) is 105 Å². The zero-order chi connectivity index (χ0) is 28.0. The van der Waals surface area contributed by atoms with Gasteiger partial charge in [0.1, 0.15) is 0 Å². The molecule has 5 heterocycles. The minimum atomic E-state index is 0.482. The van der Waals surface area contributed by atoms with Crippen LogP contribution in [0.5, 0.6) is 0 Å². The van der Waals surface area contributed by atoms with Gasteiger partial charge < -0.3 is 9.97 Å². The molecule has 10 aliphatic rings. The third-order valence-corrected chi connectivity index (χ3v) is 13.3. The third-order valence-electron chi connectivity index (χ3n) is 13.3. The van der Waals surface area contributed by atoms with E-state index < -0.39 is 0 Å². The monoisotopic (exact) mass is 568 g/mol. The van der Waals surface area contributed by atoms with Gasteiger partial charge >= 0.3 is 0 Å². The van der Waals surface area contributed by atoms with Crippen LogP contribution in [0.4, 0.5) is 0 Å². The van der Waals surface area contributed by atoms with E-state index in [4.69, 9.17) is 9.97 Å². The number of H-pyrrole nitrogens is 2. The topological polar surface area (TPSA) is 57.4 Å². The molecule has 1 fully saturated rings. The van der Waals surface area contributed by atoms with Crippen molar-refractivity contribution in [2.75, 3.05) is 0 Å². The van der Waals surface area contributed by atoms with Crippen molar-refractivity contribution in [3.8, 4) is 0 Å². The Kier molecular flexibility index (Phi) is 3.66. The minimum Gasteiger partial charge on any atom is -0.355 e. The molecule has 4 heteroatoms. The molecule has 0 aromatic carbocycles. The van der Waals surface area contributed by atoms with Crippen molar-refractivity contribution in [2.24, 2.45) is 23.7 Å². The predicted molar refractivity (Wildman–Crippen MR) is 175 cm³/mol. The zero-order valence-corrected chi connectivity index (χ0v) is 24.5. The van der Waals surface area contributed by atoms with E-state index in [0.29, 0.717) is 47.3 Å². The Morgan fingerprint density at radius 2 is 0.795 bits per heavy atom. The van der Waals surface area contributed by atoms with Crippen LogP contribution in [0, 0.1) is 23.7 Å². The van der Waals surface area contributed by atoms with Gasteiger partial charge in [0.2, 0.25) is 0 Å². The summed E-state index contributed by atoms with van der Waals surface area (Å²) in [5, 5.41) is 0. The second-order valence-electron chi connectivity index (χ2n) is 15.3. The van der Waals surface area contributed by atoms with Gasteiger partial charge in [-0.2, -0.15) is 0 Å². The smallest absolute Gasteiger partial charge is 0.0700 e. The first-order chi connectivity index (χ1) is 21.7. The third kappa shape index (κ3) is 2.48. The molecule has 13 rings (SSSR count). The van der Waals surface area contributed by atoms with Gasteiger partial charge in [-0.1, -0.05) is 36.5 Å². The van der Waals surface area contributed by atoms with E-state index in [2.05, 4.69) is 70.7 Å². The van der Waals surface area contributed by atoms with Crippen molar-refractivity contribution in [1.29, 1.82) is 0 Å². The molecule has 8 atom stereocenters. The Bertz CT molecular complexity index is 2300. The number of allylic oxidation sites excluding steroid dienone is 10. The van der Waals surface area contributed by atoms with Crippen molar-refractivity contribution >= 4 is 44.4 Å². The summed E-state index contributed by atoms with van der Waals surface area (Å²) in [6.07, 6.45) is 22.3. The summed E-state index contributed by atoms with van der Waals surface area (Å²) < 4.78 is 0. The van der Waals surface area contributed by atoms with Crippen LogP contribution in [-0.2, 0) is 0 Å². The summed E-state index contributed by atoms with van der Waals surface area (Å²) >= 11 is 0. The zero-order valence-electron chi connectivity index (χ0n) is 24.5. The molecule has 0 spiro atoms. The predicted octanol–water partition coefficient (Wildman–Crippen LogP) is 9.05. The van der Waals surface area contributed by atoms with Crippen LogP contribution in [-0.4, -0.2) is 19.9 Å². The molecule has 3 aromatic rings. The number of nitrogens with zero attached hydrogens (tertiary/aromatic N) is 2. The second-order valence-corrected chi connectivity index (χ2v) is 15.3. The molecule has 8 aliphatic carbocycles. The van der Waals surface area contributed by atoms with Crippen LogP contribution in [0.15, 0.2) is 60.7 Å². The Morgan fingerprint density at radius 3 is 1.32 bits per heavy atom. The highest BCUT2D eigenvalue weighted by Gasteiger charge is 2.45. The SMILES string of the molecule is C1=C[C@H]2C[C@@H]1C1=C2c2cc3nc(cc4[nH]c(cc5[nH]c(cc1n2)c1c5[C@@H]2C=C[C@H]1C2)c1c4[C@@H]2CC[C@H]1C2)C1=C3[C@@H]2C=C[C@H]1C2. The van der Waals surface area contributed by atoms with E-state index in [-0.39, 0.29) is 0 Å². The van der Waals surface area contributed by atoms with Crippen molar-refractivity contribution in [2.45, 2.75) is 62.2 Å². The molecule has 0 radical (unpaired) electrons. The van der Waals surface area contributed by atoms with Gasteiger partial charge in [0.05, 0.1) is 22.8 Å². The number of rotatable bonds is 0. The maximum Gasteiger partial charge on any atom is 0.0700 e. The summed E-state index contributed by atoms with van der Waals surface area (Å²) in [6, 6.07) is 9.71. The molecule has 212 valence electrons. The van der Waals surface area contributed by atoms with Crippen molar-refractivity contribution in [3.63, 3.8) is 0 Å². The lowest BCUT2D eigenvalue weighted by Crippen LogP contribution is -1.96. The van der Waals surface area contributed by atoms with Crippen molar-refractivity contribution in [1.82, 2.24) is 19.9 Å². The molecule has 1 saturated carbocycles. The van der Waals surface area contributed by atoms with E-state index in [1.807, 2.05) is 0 Å². The van der Waals surface area contributed by atoms with Gasteiger partial charge in [-0.05, 0) is 119 Å². The number of nitrogens with one attached hydrogen (secondary N) is 2. The van der Waals surface area contributed by atoms with Gasteiger partial charge in [-0.15, -0.1) is 0 Å². The van der Waals surface area contributed by atoms with Gasteiger partial charge in [0, 0.05) is 57.6 Å². The number of hydrogen-bond donors (Lipinski definition) is 2. The lowest BCUT2D eigenvalue weighted by Gasteiger charge is -2.11. The first-order valence-corrected chi connectivity index (χ1v) is 17.1. The van der Waals surface area contributed by atoms with Gasteiger partial charge in [-0.25, -0.2) is 9.97 Å². The van der Waals surface area contributed by atoms with Crippen molar-refractivity contribution < 1.29 is 0 Å². The standard InChI is InChI=1S/C40H32N4/c1-2-18-9-17(1)33-25-13-27-35-19-3-4-21(10-19)37(35)29(42-27)15-31-39-23-7-8-24(12-23)40(39)32(44-31)16-30-38-22-6-5-20(11-22)36(38)28(43-30)14-26(41-25)34(18)33/h1-6,13-24,42,44H,7-12H2/t17-,18+,19+,20-,21-,22+,23+,24-/m1/s1. The average Bonchev–Trinajstić information content (AvgIpc) is 3.88. The molecule has 0 saturated heterocycles. The normalized spacial score (nSPS) is 34.7. The lowest BCUT2D eigenvalue weighted by molar-refractivity contribution is 0.728. The largest absolute Gasteiger partial charge is 0.355 e. The Morgan fingerprint density at radius 1 is 0.409 bits per heavy atom. The molecule has 3 aromatic heterocycles. The van der Waals surface area contributed by atoms with Gasteiger partial charge in [-0.3, -0.25) is 0 Å². The van der Waals surface area contributed by atoms with E-state index in [9.17, 15) is 0 Å². The molecule has 44 heavy (non-hydrogen) atoms. The van der Waals surface area contributed by atoms with Crippen LogP contribution >= 0.6 is 0 Å². The molecule has 0 unspecified atom stereocenters. The van der Waals surface area contributed by atoms with E-state index >= 15 is 0 Å². The first-order valence-electron chi connectivity index (χ1n) is 17.1. The molecule has 2 aliphatic heterocycles. The first kappa shape index (κ1) is 22.3. The fourth-order valence-corrected chi connectivity index (χ4v) is 11.8. The maximum atomic E-state index is 5.47. The van der Waals surface area contributed by atoms with Gasteiger partial charge in [0.15, 0.2) is 0 Å². The summed E-state index contributed by atoms with van der Waals surface area (Å²) in [7, 11) is 0. The number of aromatic amines is 2. The summed E-state index contributed by atoms with van der Waals surface area (Å²) in [5.74, 6) is 4.35.